The largest absolute Gasteiger partial charge is 0.494 e. The van der Waals surface area contributed by atoms with Crippen molar-refractivity contribution in [3.63, 3.8) is 0 Å². The fourth-order valence-corrected chi connectivity index (χ4v) is 3.36. The average molecular weight is 375 g/mol. The number of rotatable bonds is 6. The lowest BCUT2D eigenvalue weighted by Gasteiger charge is -2.31. The van der Waals surface area contributed by atoms with Crippen LogP contribution in [0.2, 0.25) is 0 Å². The van der Waals surface area contributed by atoms with Crippen LogP contribution in [0.1, 0.15) is 36.6 Å². The van der Waals surface area contributed by atoms with Crippen LogP contribution in [0.4, 0.5) is 10.3 Å². The van der Waals surface area contributed by atoms with Gasteiger partial charge in [-0.05, 0) is 30.9 Å². The molecule has 0 bridgehead atoms. The van der Waals surface area contributed by atoms with Crippen molar-refractivity contribution in [2.24, 2.45) is 0 Å². The molecule has 1 aliphatic rings. The molecule has 8 heteroatoms. The van der Waals surface area contributed by atoms with Gasteiger partial charge >= 0.3 is 0 Å². The first kappa shape index (κ1) is 19.1. The maximum atomic E-state index is 14.2. The van der Waals surface area contributed by atoms with E-state index in [1.54, 1.807) is 18.2 Å². The van der Waals surface area contributed by atoms with Gasteiger partial charge in [0.2, 0.25) is 11.9 Å². The standard InChI is InChI=1S/C19H26FN5O2/c1-24(2)19-21-18(22-23-19)14-9-11-25(12-10-14)16(26)8-7-13-5-4-6-15(27-3)17(13)20/h4-6,14H,7-12H2,1-3H3,(H,21,22,23). The summed E-state index contributed by atoms with van der Waals surface area (Å²) in [5, 5.41) is 7.20. The maximum absolute atomic E-state index is 14.2. The minimum Gasteiger partial charge on any atom is -0.494 e. The van der Waals surface area contributed by atoms with Crippen molar-refractivity contribution in [3.8, 4) is 5.75 Å². The van der Waals surface area contributed by atoms with Gasteiger partial charge in [-0.1, -0.05) is 12.1 Å². The highest BCUT2D eigenvalue weighted by atomic mass is 19.1. The number of aromatic nitrogens is 3. The number of H-pyrrole nitrogens is 1. The van der Waals surface area contributed by atoms with E-state index in [9.17, 15) is 9.18 Å². The number of nitrogens with zero attached hydrogens (tertiary/aromatic N) is 4. The molecule has 1 aromatic heterocycles. The van der Waals surface area contributed by atoms with Crippen molar-refractivity contribution >= 4 is 11.9 Å². The summed E-state index contributed by atoms with van der Waals surface area (Å²) in [5.41, 5.74) is 0.510. The van der Waals surface area contributed by atoms with Gasteiger partial charge in [0.25, 0.3) is 0 Å². The van der Waals surface area contributed by atoms with E-state index in [0.29, 0.717) is 37.4 Å². The Hall–Kier alpha value is -2.64. The van der Waals surface area contributed by atoms with Crippen molar-refractivity contribution in [2.45, 2.75) is 31.6 Å². The molecular formula is C19H26FN5O2. The lowest BCUT2D eigenvalue weighted by Crippen LogP contribution is -2.38. The topological polar surface area (TPSA) is 74.3 Å². The molecule has 0 aliphatic carbocycles. The van der Waals surface area contributed by atoms with Gasteiger partial charge in [0.05, 0.1) is 7.11 Å². The van der Waals surface area contributed by atoms with Gasteiger partial charge in [0.1, 0.15) is 5.82 Å². The zero-order chi connectivity index (χ0) is 19.4. The SMILES string of the molecule is COc1cccc(CCC(=O)N2CCC(c3nc(N(C)C)n[nH]3)CC2)c1F. The molecule has 1 amide bonds. The fourth-order valence-electron chi connectivity index (χ4n) is 3.36. The van der Waals surface area contributed by atoms with Crippen molar-refractivity contribution in [1.82, 2.24) is 20.1 Å². The second kappa shape index (κ2) is 8.37. The molecular weight excluding hydrogens is 349 g/mol. The van der Waals surface area contributed by atoms with Gasteiger partial charge in [-0.3, -0.25) is 9.89 Å². The molecule has 2 aromatic rings. The third-order valence-electron chi connectivity index (χ3n) is 5.00. The Morgan fingerprint density at radius 2 is 2.11 bits per heavy atom. The van der Waals surface area contributed by atoms with Crippen molar-refractivity contribution < 1.29 is 13.9 Å². The zero-order valence-corrected chi connectivity index (χ0v) is 16.0. The van der Waals surface area contributed by atoms with E-state index in [2.05, 4.69) is 15.2 Å². The molecule has 1 aromatic carbocycles. The van der Waals surface area contributed by atoms with Crippen molar-refractivity contribution in [2.75, 3.05) is 39.2 Å². The van der Waals surface area contributed by atoms with Crippen LogP contribution in [0.15, 0.2) is 18.2 Å². The molecule has 146 valence electrons. The number of hydrogen-bond acceptors (Lipinski definition) is 5. The molecule has 1 saturated heterocycles. The predicted octanol–water partition coefficient (Wildman–Crippen LogP) is 2.36. The van der Waals surface area contributed by atoms with Crippen LogP contribution in [0, 0.1) is 5.82 Å². The first-order valence-corrected chi connectivity index (χ1v) is 9.18. The quantitative estimate of drug-likeness (QED) is 0.839. The molecule has 2 heterocycles. The highest BCUT2D eigenvalue weighted by Gasteiger charge is 2.26. The highest BCUT2D eigenvalue weighted by molar-refractivity contribution is 5.76. The highest BCUT2D eigenvalue weighted by Crippen LogP contribution is 2.27. The molecule has 3 rings (SSSR count). The van der Waals surface area contributed by atoms with Crippen LogP contribution in [0.3, 0.4) is 0 Å². The second-order valence-corrected chi connectivity index (χ2v) is 7.00. The number of aryl methyl sites for hydroxylation is 1. The number of amides is 1. The van der Waals surface area contributed by atoms with Crippen molar-refractivity contribution in [3.05, 3.63) is 35.4 Å². The lowest BCUT2D eigenvalue weighted by atomic mass is 9.95. The van der Waals surface area contributed by atoms with Gasteiger partial charge < -0.3 is 14.5 Å². The van der Waals surface area contributed by atoms with E-state index in [-0.39, 0.29) is 23.4 Å². The molecule has 0 radical (unpaired) electrons. The third-order valence-corrected chi connectivity index (χ3v) is 5.00. The summed E-state index contributed by atoms with van der Waals surface area (Å²) >= 11 is 0. The summed E-state index contributed by atoms with van der Waals surface area (Å²) in [6.07, 6.45) is 2.36. The molecule has 0 unspecified atom stereocenters. The van der Waals surface area contributed by atoms with Crippen LogP contribution < -0.4 is 9.64 Å². The molecule has 0 saturated carbocycles. The predicted molar refractivity (Wildman–Crippen MR) is 101 cm³/mol. The number of benzene rings is 1. The van der Waals surface area contributed by atoms with Crippen LogP contribution in [-0.2, 0) is 11.2 Å². The molecule has 1 aliphatic heterocycles. The lowest BCUT2D eigenvalue weighted by molar-refractivity contribution is -0.132. The minimum absolute atomic E-state index is 0.0576. The Morgan fingerprint density at radius 3 is 2.74 bits per heavy atom. The van der Waals surface area contributed by atoms with E-state index in [1.165, 1.54) is 7.11 Å². The summed E-state index contributed by atoms with van der Waals surface area (Å²) in [5.74, 6) is 1.72. The Morgan fingerprint density at radius 1 is 1.37 bits per heavy atom. The Bertz CT molecular complexity index is 784. The smallest absolute Gasteiger partial charge is 0.244 e. The van der Waals surface area contributed by atoms with Crippen LogP contribution >= 0.6 is 0 Å². The minimum atomic E-state index is -0.381. The number of carbonyl (C=O) groups excluding carboxylic acids is 1. The molecule has 1 fully saturated rings. The molecule has 27 heavy (non-hydrogen) atoms. The van der Waals surface area contributed by atoms with Crippen LogP contribution in [-0.4, -0.2) is 60.3 Å². The number of methoxy groups -OCH3 is 1. The molecule has 1 N–H and O–H groups in total. The van der Waals surface area contributed by atoms with Gasteiger partial charge in [-0.15, -0.1) is 5.10 Å². The number of ether oxygens (including phenoxy) is 1. The zero-order valence-electron chi connectivity index (χ0n) is 16.0. The Labute approximate surface area is 158 Å². The number of piperidine rings is 1. The molecule has 0 spiro atoms. The summed E-state index contributed by atoms with van der Waals surface area (Å²) in [6.45, 7) is 1.37. The summed E-state index contributed by atoms with van der Waals surface area (Å²) in [4.78, 5) is 20.7. The second-order valence-electron chi connectivity index (χ2n) is 7.00. The first-order valence-electron chi connectivity index (χ1n) is 9.18. The fraction of sp³-hybridized carbons (Fsp3) is 0.526. The monoisotopic (exact) mass is 375 g/mol. The number of aromatic amines is 1. The number of nitrogens with one attached hydrogen (secondary N) is 1. The van der Waals surface area contributed by atoms with E-state index in [0.717, 1.165) is 18.7 Å². The number of likely N-dealkylation sites (tertiary alicyclic amines) is 1. The first-order chi connectivity index (χ1) is 13.0. The van der Waals surface area contributed by atoms with Gasteiger partial charge in [-0.25, -0.2) is 4.39 Å². The Balaban J connectivity index is 1.51. The van der Waals surface area contributed by atoms with E-state index in [1.807, 2.05) is 23.9 Å². The number of hydrogen-bond donors (Lipinski definition) is 1. The van der Waals surface area contributed by atoms with Gasteiger partial charge in [0, 0.05) is 39.5 Å². The summed E-state index contributed by atoms with van der Waals surface area (Å²) in [7, 11) is 5.24. The maximum Gasteiger partial charge on any atom is 0.244 e. The van der Waals surface area contributed by atoms with Crippen LogP contribution in [0.25, 0.3) is 0 Å². The van der Waals surface area contributed by atoms with Crippen molar-refractivity contribution in [1.29, 1.82) is 0 Å². The van der Waals surface area contributed by atoms with Crippen LogP contribution in [0.5, 0.6) is 5.75 Å². The van der Waals surface area contributed by atoms with E-state index >= 15 is 0 Å². The number of halogens is 1. The van der Waals surface area contributed by atoms with Gasteiger partial charge in [-0.2, -0.15) is 4.98 Å². The number of carbonyl (C=O) groups is 1. The molecule has 7 nitrogen and oxygen atoms in total. The Kier molecular flexibility index (Phi) is 5.93. The van der Waals surface area contributed by atoms with E-state index < -0.39 is 0 Å². The average Bonchev–Trinajstić information content (AvgIpc) is 3.17. The van der Waals surface area contributed by atoms with E-state index in [4.69, 9.17) is 4.74 Å². The normalized spacial score (nSPS) is 15.0. The van der Waals surface area contributed by atoms with Gasteiger partial charge in [0.15, 0.2) is 11.6 Å². The summed E-state index contributed by atoms with van der Waals surface area (Å²) < 4.78 is 19.2. The number of anilines is 1. The molecule has 0 atom stereocenters. The summed E-state index contributed by atoms with van der Waals surface area (Å²) in [6, 6.07) is 5.02. The third kappa shape index (κ3) is 4.37.